The molecule has 0 saturated carbocycles. The van der Waals surface area contributed by atoms with Gasteiger partial charge >= 0.3 is 0 Å². The van der Waals surface area contributed by atoms with Gasteiger partial charge in [-0.05, 0) is 49.7 Å². The van der Waals surface area contributed by atoms with E-state index in [0.29, 0.717) is 41.0 Å². The summed E-state index contributed by atoms with van der Waals surface area (Å²) in [5.74, 6) is 1.34. The first-order valence-electron chi connectivity index (χ1n) is 11.5. The van der Waals surface area contributed by atoms with E-state index in [1.807, 2.05) is 26.0 Å². The van der Waals surface area contributed by atoms with E-state index in [-0.39, 0.29) is 5.91 Å². The van der Waals surface area contributed by atoms with Crippen LogP contribution in [0.15, 0.2) is 36.4 Å². The van der Waals surface area contributed by atoms with Crippen molar-refractivity contribution >= 4 is 17.6 Å². The van der Waals surface area contributed by atoms with Crippen LogP contribution in [0.4, 0.5) is 5.82 Å². The number of hydrogen-bond donors (Lipinski definition) is 2. The average molecular weight is 495 g/mol. The number of nitrogens with zero attached hydrogens (tertiary/aromatic N) is 2. The van der Waals surface area contributed by atoms with E-state index < -0.39 is 17.9 Å². The Morgan fingerprint density at radius 2 is 1.69 bits per heavy atom. The van der Waals surface area contributed by atoms with Crippen molar-refractivity contribution in [2.24, 2.45) is 7.05 Å². The van der Waals surface area contributed by atoms with Gasteiger partial charge in [-0.2, -0.15) is 5.10 Å². The number of rotatable bonds is 8. The molecule has 2 heterocycles. The maximum absolute atomic E-state index is 13.4. The predicted molar refractivity (Wildman–Crippen MR) is 133 cm³/mol. The average Bonchev–Trinajstić information content (AvgIpc) is 3.16. The lowest BCUT2D eigenvalue weighted by Gasteiger charge is -2.33. The summed E-state index contributed by atoms with van der Waals surface area (Å²) in [7, 11) is 6.36. The van der Waals surface area contributed by atoms with Gasteiger partial charge in [0.2, 0.25) is 5.91 Å². The molecule has 190 valence electrons. The summed E-state index contributed by atoms with van der Waals surface area (Å²) in [6.07, 6.45) is 0. The van der Waals surface area contributed by atoms with Gasteiger partial charge in [0.25, 0.3) is 5.91 Å². The van der Waals surface area contributed by atoms with E-state index >= 15 is 0 Å². The second-order valence-corrected chi connectivity index (χ2v) is 8.30. The Balaban J connectivity index is 1.78. The first kappa shape index (κ1) is 24.9. The fraction of sp³-hybridized carbons (Fsp3) is 0.346. The fourth-order valence-corrected chi connectivity index (χ4v) is 4.57. The van der Waals surface area contributed by atoms with E-state index in [9.17, 15) is 9.59 Å². The van der Waals surface area contributed by atoms with Gasteiger partial charge in [-0.15, -0.1) is 0 Å². The Morgan fingerprint density at radius 1 is 1.03 bits per heavy atom. The predicted octanol–water partition coefficient (Wildman–Crippen LogP) is 3.04. The molecule has 0 spiro atoms. The number of aromatic nitrogens is 2. The number of anilines is 1. The maximum atomic E-state index is 13.4. The monoisotopic (exact) mass is 494 g/mol. The van der Waals surface area contributed by atoms with Crippen LogP contribution >= 0.6 is 0 Å². The molecule has 0 radical (unpaired) electrons. The standard InChI is InChI=1S/C26H30N4O6/c1-7-36-20-12-15(8-10-18(20)34-5)22-21-14(2)29-30(3)24(21)28-26(32)23(22)27-25(31)16-9-11-17(33-4)19(13-16)35-6/h8-13,22-23H,7H2,1-6H3,(H,27,31)(H,28,32)/t22-,23+/m1/s1. The number of benzene rings is 2. The van der Waals surface area contributed by atoms with Crippen molar-refractivity contribution in [3.05, 3.63) is 58.8 Å². The van der Waals surface area contributed by atoms with E-state index in [1.54, 1.807) is 43.1 Å². The number of ether oxygens (including phenoxy) is 4. The van der Waals surface area contributed by atoms with Crippen LogP contribution in [0.5, 0.6) is 23.0 Å². The molecule has 10 heteroatoms. The van der Waals surface area contributed by atoms with E-state index in [2.05, 4.69) is 15.7 Å². The number of hydrogen-bond acceptors (Lipinski definition) is 7. The van der Waals surface area contributed by atoms with Gasteiger partial charge in [0, 0.05) is 24.1 Å². The number of carbonyl (C=O) groups excluding carboxylic acids is 2. The van der Waals surface area contributed by atoms with Gasteiger partial charge in [-0.25, -0.2) is 0 Å². The van der Waals surface area contributed by atoms with Gasteiger partial charge in [0.15, 0.2) is 23.0 Å². The molecule has 0 saturated heterocycles. The molecule has 2 N–H and O–H groups in total. The molecule has 10 nitrogen and oxygen atoms in total. The quantitative estimate of drug-likeness (QED) is 0.495. The van der Waals surface area contributed by atoms with Gasteiger partial charge in [-0.3, -0.25) is 14.3 Å². The molecule has 2 amide bonds. The third-order valence-corrected chi connectivity index (χ3v) is 6.22. The minimum Gasteiger partial charge on any atom is -0.493 e. The summed E-state index contributed by atoms with van der Waals surface area (Å²) in [6, 6.07) is 9.44. The third-order valence-electron chi connectivity index (χ3n) is 6.22. The molecule has 0 aliphatic carbocycles. The van der Waals surface area contributed by atoms with Crippen molar-refractivity contribution in [1.82, 2.24) is 15.1 Å². The SMILES string of the molecule is CCOc1cc([C@@H]2c3c(C)nn(C)c3NC(=O)[C@H]2NC(=O)c2ccc(OC)c(OC)c2)ccc1OC. The van der Waals surface area contributed by atoms with Crippen LogP contribution in [0.25, 0.3) is 0 Å². The van der Waals surface area contributed by atoms with Crippen LogP contribution in [0.3, 0.4) is 0 Å². The molecular weight excluding hydrogens is 464 g/mol. The Morgan fingerprint density at radius 3 is 2.36 bits per heavy atom. The van der Waals surface area contributed by atoms with Crippen molar-refractivity contribution in [2.75, 3.05) is 33.3 Å². The highest BCUT2D eigenvalue weighted by molar-refractivity contribution is 6.04. The second-order valence-electron chi connectivity index (χ2n) is 8.30. The van der Waals surface area contributed by atoms with Crippen LogP contribution in [0.2, 0.25) is 0 Å². The molecule has 0 bridgehead atoms. The number of amides is 2. The molecule has 2 aromatic carbocycles. The molecule has 1 aliphatic rings. The van der Waals surface area contributed by atoms with Crippen molar-refractivity contribution in [3.8, 4) is 23.0 Å². The highest BCUT2D eigenvalue weighted by Crippen LogP contribution is 2.42. The number of methoxy groups -OCH3 is 3. The fourth-order valence-electron chi connectivity index (χ4n) is 4.57. The summed E-state index contributed by atoms with van der Waals surface area (Å²) in [5.41, 5.74) is 2.68. The van der Waals surface area contributed by atoms with Gasteiger partial charge in [0.05, 0.1) is 33.6 Å². The van der Waals surface area contributed by atoms with Crippen LogP contribution in [0, 0.1) is 6.92 Å². The normalized spacial score (nSPS) is 16.6. The molecule has 2 atom stereocenters. The minimum atomic E-state index is -0.913. The van der Waals surface area contributed by atoms with Crippen molar-refractivity contribution in [2.45, 2.75) is 25.8 Å². The summed E-state index contributed by atoms with van der Waals surface area (Å²) in [6.45, 7) is 4.21. The lowest BCUT2D eigenvalue weighted by molar-refractivity contribution is -0.118. The van der Waals surface area contributed by atoms with Crippen LogP contribution < -0.4 is 29.6 Å². The molecule has 0 unspecified atom stereocenters. The molecule has 0 fully saturated rings. The maximum Gasteiger partial charge on any atom is 0.252 e. The van der Waals surface area contributed by atoms with Crippen LogP contribution in [-0.4, -0.2) is 55.6 Å². The van der Waals surface area contributed by atoms with Crippen molar-refractivity contribution in [3.63, 3.8) is 0 Å². The Bertz CT molecular complexity index is 1300. The Kier molecular flexibility index (Phi) is 7.05. The van der Waals surface area contributed by atoms with Gasteiger partial charge in [-0.1, -0.05) is 6.07 Å². The first-order chi connectivity index (χ1) is 17.3. The number of aryl methyl sites for hydroxylation is 2. The molecule has 1 aromatic heterocycles. The zero-order chi connectivity index (χ0) is 26.0. The Labute approximate surface area is 209 Å². The van der Waals surface area contributed by atoms with Gasteiger partial charge in [0.1, 0.15) is 11.9 Å². The van der Waals surface area contributed by atoms with Crippen molar-refractivity contribution in [1.29, 1.82) is 0 Å². The highest BCUT2D eigenvalue weighted by Gasteiger charge is 2.41. The lowest BCUT2D eigenvalue weighted by atomic mass is 9.81. The molecule has 4 rings (SSSR count). The zero-order valence-corrected chi connectivity index (χ0v) is 21.2. The summed E-state index contributed by atoms with van der Waals surface area (Å²) >= 11 is 0. The van der Waals surface area contributed by atoms with Crippen LogP contribution in [-0.2, 0) is 11.8 Å². The number of carbonyl (C=O) groups is 2. The third kappa shape index (κ3) is 4.41. The minimum absolute atomic E-state index is 0.331. The van der Waals surface area contributed by atoms with E-state index in [0.717, 1.165) is 16.8 Å². The second kappa shape index (κ2) is 10.2. The highest BCUT2D eigenvalue weighted by atomic mass is 16.5. The van der Waals surface area contributed by atoms with Crippen LogP contribution in [0.1, 0.15) is 40.0 Å². The lowest BCUT2D eigenvalue weighted by Crippen LogP contribution is -2.50. The smallest absolute Gasteiger partial charge is 0.252 e. The zero-order valence-electron chi connectivity index (χ0n) is 21.2. The first-order valence-corrected chi connectivity index (χ1v) is 11.5. The molecule has 3 aromatic rings. The summed E-state index contributed by atoms with van der Waals surface area (Å²) in [5, 5.41) is 10.3. The van der Waals surface area contributed by atoms with E-state index in [4.69, 9.17) is 18.9 Å². The summed E-state index contributed by atoms with van der Waals surface area (Å²) in [4.78, 5) is 26.7. The van der Waals surface area contributed by atoms with Crippen molar-refractivity contribution < 1.29 is 28.5 Å². The molecule has 1 aliphatic heterocycles. The Hall–Kier alpha value is -4.21. The summed E-state index contributed by atoms with van der Waals surface area (Å²) < 4.78 is 23.4. The number of fused-ring (bicyclic) bond motifs is 1. The van der Waals surface area contributed by atoms with E-state index in [1.165, 1.54) is 14.2 Å². The molecule has 36 heavy (non-hydrogen) atoms. The number of nitrogens with one attached hydrogen (secondary N) is 2. The largest absolute Gasteiger partial charge is 0.493 e. The van der Waals surface area contributed by atoms with Gasteiger partial charge < -0.3 is 29.6 Å². The molecular formula is C26H30N4O6. The topological polar surface area (TPSA) is 113 Å².